The molecule has 0 radical (unpaired) electrons. The molecule has 1 aliphatic heterocycles. The summed E-state index contributed by atoms with van der Waals surface area (Å²) in [6.07, 6.45) is 1.19. The molecule has 1 aromatic heterocycles. The van der Waals surface area contributed by atoms with E-state index in [2.05, 4.69) is 11.0 Å². The van der Waals surface area contributed by atoms with Crippen LogP contribution < -0.4 is 24.8 Å². The fraction of sp³-hybridized carbons (Fsp3) is 0.314. The average molecular weight is 661 g/mol. The van der Waals surface area contributed by atoms with Gasteiger partial charge in [0.2, 0.25) is 0 Å². The van der Waals surface area contributed by atoms with Crippen molar-refractivity contribution in [1.29, 1.82) is 0 Å². The van der Waals surface area contributed by atoms with Crippen molar-refractivity contribution in [3.8, 4) is 21.9 Å². The highest BCUT2D eigenvalue weighted by Crippen LogP contribution is 2.40. The molecule has 4 aromatic rings. The Balaban J connectivity index is 0.000000328. The SMILES string of the molecule is COc1ccc(-c2sc3ccccc3c2C(=O)c2ccc(OCCN3CCCCC3)cc2)cc1.O=C([O-])CC(O)(CC(=O)[O-])C(=O)[O-]. The largest absolute Gasteiger partial charge is 0.550 e. The van der Waals surface area contributed by atoms with Gasteiger partial charge in [0, 0.05) is 57.4 Å². The third-order valence-corrected chi connectivity index (χ3v) is 8.89. The van der Waals surface area contributed by atoms with Crippen LogP contribution in [-0.2, 0) is 14.4 Å². The van der Waals surface area contributed by atoms with Crippen molar-refractivity contribution in [3.05, 3.63) is 83.9 Å². The lowest BCUT2D eigenvalue weighted by atomic mass is 9.96. The van der Waals surface area contributed by atoms with E-state index in [0.29, 0.717) is 12.2 Å². The van der Waals surface area contributed by atoms with Gasteiger partial charge >= 0.3 is 0 Å². The number of carbonyl (C=O) groups is 4. The summed E-state index contributed by atoms with van der Waals surface area (Å²) in [6, 6.07) is 23.6. The Labute approximate surface area is 275 Å². The maximum atomic E-state index is 13.7. The summed E-state index contributed by atoms with van der Waals surface area (Å²) in [4.78, 5) is 47.1. The van der Waals surface area contributed by atoms with Crippen molar-refractivity contribution >= 4 is 45.1 Å². The number of hydrogen-bond acceptors (Lipinski definition) is 12. The van der Waals surface area contributed by atoms with E-state index in [0.717, 1.165) is 44.1 Å². The molecule has 0 aliphatic carbocycles. The number of carboxylic acids is 3. The summed E-state index contributed by atoms with van der Waals surface area (Å²) in [7, 11) is 1.66. The Morgan fingerprint density at radius 2 is 1.43 bits per heavy atom. The molecule has 0 unspecified atom stereocenters. The van der Waals surface area contributed by atoms with E-state index in [1.165, 1.54) is 32.4 Å². The number of ketones is 1. The highest BCUT2D eigenvalue weighted by molar-refractivity contribution is 7.22. The van der Waals surface area contributed by atoms with E-state index >= 15 is 0 Å². The van der Waals surface area contributed by atoms with Crippen LogP contribution in [0.3, 0.4) is 0 Å². The smallest absolute Gasteiger partial charge is 0.195 e. The second-order valence-corrected chi connectivity index (χ2v) is 12.1. The lowest BCUT2D eigenvalue weighted by molar-refractivity contribution is -0.339. The normalized spacial score (nSPS) is 13.3. The van der Waals surface area contributed by atoms with Crippen LogP contribution in [0.5, 0.6) is 11.5 Å². The molecular weight excluding hydrogens is 626 g/mol. The van der Waals surface area contributed by atoms with Crippen LogP contribution in [0.2, 0.25) is 0 Å². The molecule has 12 heteroatoms. The minimum Gasteiger partial charge on any atom is -0.550 e. The van der Waals surface area contributed by atoms with Gasteiger partial charge in [-0.3, -0.25) is 9.69 Å². The Morgan fingerprint density at radius 3 is 2.00 bits per heavy atom. The summed E-state index contributed by atoms with van der Waals surface area (Å²) in [5.74, 6) is -4.35. The molecule has 3 aromatic carbocycles. The van der Waals surface area contributed by atoms with Gasteiger partial charge in [-0.25, -0.2) is 0 Å². The number of aliphatic hydroxyl groups is 1. The number of rotatable bonds is 13. The van der Waals surface area contributed by atoms with Crippen molar-refractivity contribution in [1.82, 2.24) is 4.90 Å². The molecule has 248 valence electrons. The van der Waals surface area contributed by atoms with E-state index < -0.39 is 36.4 Å². The van der Waals surface area contributed by atoms with Crippen LogP contribution in [0, 0.1) is 0 Å². The van der Waals surface area contributed by atoms with Gasteiger partial charge in [-0.15, -0.1) is 11.3 Å². The van der Waals surface area contributed by atoms with Gasteiger partial charge in [-0.05, 0) is 86.1 Å². The molecule has 0 amide bonds. The monoisotopic (exact) mass is 660 g/mol. The van der Waals surface area contributed by atoms with E-state index in [4.69, 9.17) is 14.6 Å². The number of fused-ring (bicyclic) bond motifs is 1. The maximum Gasteiger partial charge on any atom is 0.195 e. The van der Waals surface area contributed by atoms with Gasteiger partial charge < -0.3 is 44.3 Å². The lowest BCUT2D eigenvalue weighted by Crippen LogP contribution is -2.54. The fourth-order valence-electron chi connectivity index (χ4n) is 5.22. The number of thiophene rings is 1. The van der Waals surface area contributed by atoms with Crippen molar-refractivity contribution in [2.75, 3.05) is 33.4 Å². The topological polar surface area (TPSA) is 179 Å². The number of benzene rings is 3. The van der Waals surface area contributed by atoms with Crippen molar-refractivity contribution < 1.29 is 49.1 Å². The number of carboxylic acid groups (broad SMARTS) is 3. The van der Waals surface area contributed by atoms with Crippen molar-refractivity contribution in [2.45, 2.75) is 37.7 Å². The molecular formula is C35H34NO10S-3. The molecule has 47 heavy (non-hydrogen) atoms. The number of carbonyl (C=O) groups excluding carboxylic acids is 4. The van der Waals surface area contributed by atoms with Crippen LogP contribution >= 0.6 is 11.3 Å². The van der Waals surface area contributed by atoms with Crippen molar-refractivity contribution in [2.24, 2.45) is 0 Å². The average Bonchev–Trinajstić information content (AvgIpc) is 3.44. The standard InChI is InChI=1S/C29H29NO3S.C6H8O7/c1-32-23-13-11-22(12-14-23)29-27(25-7-3-4-8-26(25)34-29)28(31)21-9-15-24(16-10-21)33-20-19-30-17-5-2-6-18-30;7-3(8)1-6(13,5(11)12)2-4(9)10/h3-4,7-16H,2,5-6,17-20H2,1H3;13H,1-2H2,(H,7,8)(H,9,10)(H,11,12)/p-3. The number of piperidine rings is 1. The summed E-state index contributed by atoms with van der Waals surface area (Å²) in [6.45, 7) is 3.96. The van der Waals surface area contributed by atoms with Gasteiger partial charge in [0.25, 0.3) is 0 Å². The van der Waals surface area contributed by atoms with Gasteiger partial charge in [0.1, 0.15) is 23.7 Å². The molecule has 1 saturated heterocycles. The summed E-state index contributed by atoms with van der Waals surface area (Å²) < 4.78 is 12.4. The first kappa shape index (κ1) is 35.1. The van der Waals surface area contributed by atoms with Gasteiger partial charge in [0.15, 0.2) is 5.78 Å². The first-order chi connectivity index (χ1) is 22.5. The quantitative estimate of drug-likeness (QED) is 0.205. The third kappa shape index (κ3) is 9.38. The second kappa shape index (κ2) is 16.2. The molecule has 0 spiro atoms. The zero-order chi connectivity index (χ0) is 34.0. The Bertz CT molecular complexity index is 1680. The number of likely N-dealkylation sites (tertiary alicyclic amines) is 1. The van der Waals surface area contributed by atoms with E-state index in [9.17, 15) is 34.5 Å². The summed E-state index contributed by atoms with van der Waals surface area (Å²) in [5.41, 5.74) is -0.535. The van der Waals surface area contributed by atoms with Gasteiger partial charge in [0.05, 0.1) is 13.1 Å². The first-order valence-corrected chi connectivity index (χ1v) is 15.8. The van der Waals surface area contributed by atoms with Crippen LogP contribution in [0.1, 0.15) is 48.0 Å². The molecule has 1 aliphatic rings. The number of ether oxygens (including phenoxy) is 2. The molecule has 5 rings (SSSR count). The molecule has 1 N–H and O–H groups in total. The van der Waals surface area contributed by atoms with Crippen LogP contribution in [-0.4, -0.2) is 72.6 Å². The minimum absolute atomic E-state index is 0.0307. The first-order valence-electron chi connectivity index (χ1n) is 15.0. The van der Waals surface area contributed by atoms with Crippen molar-refractivity contribution in [3.63, 3.8) is 0 Å². The van der Waals surface area contributed by atoms with Crippen LogP contribution in [0.25, 0.3) is 20.5 Å². The van der Waals surface area contributed by atoms with Crippen LogP contribution in [0.4, 0.5) is 0 Å². The number of aliphatic carboxylic acids is 3. The zero-order valence-corrected chi connectivity index (χ0v) is 26.6. The Morgan fingerprint density at radius 1 is 0.830 bits per heavy atom. The third-order valence-electron chi connectivity index (χ3n) is 7.67. The molecule has 2 heterocycles. The molecule has 1 fully saturated rings. The fourth-order valence-corrected chi connectivity index (χ4v) is 6.43. The van der Waals surface area contributed by atoms with Gasteiger partial charge in [-0.2, -0.15) is 0 Å². The minimum atomic E-state index is -2.97. The Hall–Kier alpha value is -4.78. The molecule has 11 nitrogen and oxygen atoms in total. The number of methoxy groups -OCH3 is 1. The lowest BCUT2D eigenvalue weighted by Gasteiger charge is -2.29. The van der Waals surface area contributed by atoms with E-state index in [-0.39, 0.29) is 5.78 Å². The second-order valence-electron chi connectivity index (χ2n) is 11.1. The van der Waals surface area contributed by atoms with E-state index in [1.54, 1.807) is 18.4 Å². The highest BCUT2D eigenvalue weighted by atomic mass is 32.1. The number of hydrogen-bond donors (Lipinski definition) is 1. The highest BCUT2D eigenvalue weighted by Gasteiger charge is 2.29. The summed E-state index contributed by atoms with van der Waals surface area (Å²) >= 11 is 1.65. The van der Waals surface area contributed by atoms with E-state index in [1.807, 2.05) is 66.7 Å². The number of nitrogens with zero attached hydrogens (tertiary/aromatic N) is 1. The van der Waals surface area contributed by atoms with Crippen LogP contribution in [0.15, 0.2) is 72.8 Å². The predicted octanol–water partition coefficient (Wildman–Crippen LogP) is 1.42. The zero-order valence-electron chi connectivity index (χ0n) is 25.8. The maximum absolute atomic E-state index is 13.7. The molecule has 0 bridgehead atoms. The van der Waals surface area contributed by atoms with Gasteiger partial charge in [-0.1, -0.05) is 24.6 Å². The summed E-state index contributed by atoms with van der Waals surface area (Å²) in [5, 5.41) is 39.9. The Kier molecular flexibility index (Phi) is 12.1. The molecule has 0 saturated carbocycles. The predicted molar refractivity (Wildman–Crippen MR) is 169 cm³/mol. The molecule has 0 atom stereocenters.